The van der Waals surface area contributed by atoms with Crippen molar-refractivity contribution in [2.45, 2.75) is 0 Å². The van der Waals surface area contributed by atoms with Crippen LogP contribution in [0.2, 0.25) is 0 Å². The van der Waals surface area contributed by atoms with Gasteiger partial charge in [-0.15, -0.1) is 0 Å². The largest absolute Gasteiger partial charge is 0.496 e. The molecular formula is C10H8FNO2. The summed E-state index contributed by atoms with van der Waals surface area (Å²) in [5.74, 6) is -0.114. The molecule has 72 valence electrons. The second-order valence-corrected chi connectivity index (χ2v) is 2.88. The van der Waals surface area contributed by atoms with Gasteiger partial charge in [0.05, 0.1) is 12.5 Å². The number of aromatic amines is 1. The molecule has 0 fully saturated rings. The first kappa shape index (κ1) is 8.74. The zero-order valence-electron chi connectivity index (χ0n) is 7.50. The molecule has 1 aromatic carbocycles. The Kier molecular flexibility index (Phi) is 1.96. The molecule has 0 saturated heterocycles. The molecule has 0 atom stereocenters. The summed E-state index contributed by atoms with van der Waals surface area (Å²) in [5.41, 5.74) is -0.319. The van der Waals surface area contributed by atoms with Crippen molar-refractivity contribution in [3.63, 3.8) is 0 Å². The van der Waals surface area contributed by atoms with E-state index in [-0.39, 0.29) is 5.56 Å². The predicted octanol–water partition coefficient (Wildman–Crippen LogP) is 1.68. The Morgan fingerprint density at radius 2 is 2.14 bits per heavy atom. The van der Waals surface area contributed by atoms with E-state index in [1.807, 2.05) is 0 Å². The molecule has 2 rings (SSSR count). The summed E-state index contributed by atoms with van der Waals surface area (Å²) in [6.45, 7) is 0. The van der Waals surface area contributed by atoms with Crippen molar-refractivity contribution in [3.8, 4) is 5.75 Å². The van der Waals surface area contributed by atoms with Gasteiger partial charge in [0.1, 0.15) is 11.6 Å². The number of pyridine rings is 1. The van der Waals surface area contributed by atoms with E-state index in [0.29, 0.717) is 16.5 Å². The van der Waals surface area contributed by atoms with Crippen LogP contribution in [0, 0.1) is 5.82 Å². The lowest BCUT2D eigenvalue weighted by Gasteiger charge is -2.04. The highest BCUT2D eigenvalue weighted by atomic mass is 19.1. The highest BCUT2D eigenvalue weighted by Gasteiger charge is 2.06. The van der Waals surface area contributed by atoms with Crippen molar-refractivity contribution >= 4 is 10.8 Å². The Bertz CT molecular complexity index is 533. The van der Waals surface area contributed by atoms with Gasteiger partial charge < -0.3 is 9.72 Å². The van der Waals surface area contributed by atoms with Crippen LogP contribution in [0.15, 0.2) is 29.2 Å². The van der Waals surface area contributed by atoms with Crippen molar-refractivity contribution in [3.05, 3.63) is 40.6 Å². The zero-order chi connectivity index (χ0) is 10.1. The number of benzene rings is 1. The molecule has 2 aromatic rings. The smallest absolute Gasteiger partial charge is 0.256 e. The van der Waals surface area contributed by atoms with E-state index in [2.05, 4.69) is 4.98 Å². The van der Waals surface area contributed by atoms with Crippen LogP contribution >= 0.6 is 0 Å². The standard InChI is InChI=1S/C10H8FNO2/c1-14-9-5-6(11)4-8-7(9)2-3-12-10(8)13/h2-5H,1H3,(H,12,13). The van der Waals surface area contributed by atoms with Crippen molar-refractivity contribution in [2.24, 2.45) is 0 Å². The van der Waals surface area contributed by atoms with Gasteiger partial charge in [-0.25, -0.2) is 4.39 Å². The van der Waals surface area contributed by atoms with Gasteiger partial charge >= 0.3 is 0 Å². The van der Waals surface area contributed by atoms with Gasteiger partial charge in [0.15, 0.2) is 0 Å². The molecule has 0 saturated carbocycles. The van der Waals surface area contributed by atoms with Gasteiger partial charge in [0, 0.05) is 17.6 Å². The molecular weight excluding hydrogens is 185 g/mol. The van der Waals surface area contributed by atoms with Crippen LogP contribution in [-0.2, 0) is 0 Å². The van der Waals surface area contributed by atoms with Crippen LogP contribution in [0.1, 0.15) is 0 Å². The Labute approximate surface area is 79.1 Å². The molecule has 3 nitrogen and oxygen atoms in total. The van der Waals surface area contributed by atoms with Crippen LogP contribution in [0.5, 0.6) is 5.75 Å². The molecule has 0 aliphatic carbocycles. The second-order valence-electron chi connectivity index (χ2n) is 2.88. The van der Waals surface area contributed by atoms with Crippen molar-refractivity contribution in [2.75, 3.05) is 7.11 Å². The molecule has 1 aromatic heterocycles. The zero-order valence-corrected chi connectivity index (χ0v) is 7.50. The summed E-state index contributed by atoms with van der Waals surface area (Å²) in [6, 6.07) is 4.12. The molecule has 0 unspecified atom stereocenters. The van der Waals surface area contributed by atoms with E-state index in [0.717, 1.165) is 0 Å². The molecule has 1 N–H and O–H groups in total. The van der Waals surface area contributed by atoms with Crippen LogP contribution < -0.4 is 10.3 Å². The fraction of sp³-hybridized carbons (Fsp3) is 0.100. The molecule has 0 bridgehead atoms. The number of methoxy groups -OCH3 is 1. The lowest BCUT2D eigenvalue weighted by Crippen LogP contribution is -2.05. The van der Waals surface area contributed by atoms with Crippen molar-refractivity contribution in [1.82, 2.24) is 4.98 Å². The number of fused-ring (bicyclic) bond motifs is 1. The maximum atomic E-state index is 13.0. The first-order chi connectivity index (χ1) is 6.72. The number of halogens is 1. The summed E-state index contributed by atoms with van der Waals surface area (Å²) in [4.78, 5) is 13.8. The number of aromatic nitrogens is 1. The van der Waals surface area contributed by atoms with E-state index < -0.39 is 5.82 Å². The van der Waals surface area contributed by atoms with Gasteiger partial charge in [-0.2, -0.15) is 0 Å². The number of nitrogens with one attached hydrogen (secondary N) is 1. The molecule has 4 heteroatoms. The fourth-order valence-electron chi connectivity index (χ4n) is 1.40. The lowest BCUT2D eigenvalue weighted by molar-refractivity contribution is 0.416. The highest BCUT2D eigenvalue weighted by Crippen LogP contribution is 2.23. The summed E-state index contributed by atoms with van der Waals surface area (Å²) in [5, 5.41) is 0.905. The third kappa shape index (κ3) is 1.25. The Hall–Kier alpha value is -1.84. The highest BCUT2D eigenvalue weighted by molar-refractivity contribution is 5.87. The molecule has 14 heavy (non-hydrogen) atoms. The van der Waals surface area contributed by atoms with Gasteiger partial charge in [-0.3, -0.25) is 4.79 Å². The Morgan fingerprint density at radius 3 is 2.86 bits per heavy atom. The monoisotopic (exact) mass is 193 g/mol. The summed E-state index contributed by atoms with van der Waals surface area (Å²) in [7, 11) is 1.44. The minimum atomic E-state index is -0.481. The minimum Gasteiger partial charge on any atom is -0.496 e. The topological polar surface area (TPSA) is 42.1 Å². The maximum Gasteiger partial charge on any atom is 0.256 e. The van der Waals surface area contributed by atoms with Crippen LogP contribution in [0.3, 0.4) is 0 Å². The first-order valence-corrected chi connectivity index (χ1v) is 4.07. The molecule has 0 radical (unpaired) electrons. The molecule has 0 aliphatic rings. The third-order valence-electron chi connectivity index (χ3n) is 2.04. The van der Waals surface area contributed by atoms with Gasteiger partial charge in [0.25, 0.3) is 5.56 Å². The lowest BCUT2D eigenvalue weighted by atomic mass is 10.1. The predicted molar refractivity (Wildman–Crippen MR) is 51.1 cm³/mol. The van der Waals surface area contributed by atoms with Crippen molar-refractivity contribution < 1.29 is 9.13 Å². The van der Waals surface area contributed by atoms with Gasteiger partial charge in [-0.05, 0) is 12.1 Å². The fourth-order valence-corrected chi connectivity index (χ4v) is 1.40. The van der Waals surface area contributed by atoms with E-state index in [4.69, 9.17) is 4.74 Å². The van der Waals surface area contributed by atoms with E-state index >= 15 is 0 Å². The SMILES string of the molecule is COc1cc(F)cc2c(=O)[nH]ccc12. The summed E-state index contributed by atoms with van der Waals surface area (Å²) >= 11 is 0. The number of ether oxygens (including phenoxy) is 1. The molecule has 0 aliphatic heterocycles. The summed E-state index contributed by atoms with van der Waals surface area (Å²) in [6.07, 6.45) is 1.51. The van der Waals surface area contributed by atoms with Crippen LogP contribution in [0.25, 0.3) is 10.8 Å². The molecule has 0 amide bonds. The summed E-state index contributed by atoms with van der Waals surface area (Å²) < 4.78 is 18.0. The number of hydrogen-bond donors (Lipinski definition) is 1. The van der Waals surface area contributed by atoms with E-state index in [9.17, 15) is 9.18 Å². The van der Waals surface area contributed by atoms with Crippen LogP contribution in [0.4, 0.5) is 4.39 Å². The minimum absolute atomic E-state index is 0.296. The van der Waals surface area contributed by atoms with Gasteiger partial charge in [-0.1, -0.05) is 0 Å². The maximum absolute atomic E-state index is 13.0. The Balaban J connectivity index is 2.95. The first-order valence-electron chi connectivity index (χ1n) is 4.07. The normalized spacial score (nSPS) is 10.4. The average Bonchev–Trinajstić information content (AvgIpc) is 2.18. The Morgan fingerprint density at radius 1 is 1.36 bits per heavy atom. The quantitative estimate of drug-likeness (QED) is 0.748. The molecule has 1 heterocycles. The second kappa shape index (κ2) is 3.14. The molecule has 0 spiro atoms. The van der Waals surface area contributed by atoms with Gasteiger partial charge in [0.2, 0.25) is 0 Å². The van der Waals surface area contributed by atoms with Crippen LogP contribution in [-0.4, -0.2) is 12.1 Å². The number of H-pyrrole nitrogens is 1. The van der Waals surface area contributed by atoms with E-state index in [1.54, 1.807) is 6.07 Å². The average molecular weight is 193 g/mol. The number of rotatable bonds is 1. The number of hydrogen-bond acceptors (Lipinski definition) is 2. The third-order valence-corrected chi connectivity index (χ3v) is 2.04. The van der Waals surface area contributed by atoms with E-state index in [1.165, 1.54) is 25.4 Å². The van der Waals surface area contributed by atoms with Crippen molar-refractivity contribution in [1.29, 1.82) is 0 Å².